The molecule has 0 rings (SSSR count). The quantitative estimate of drug-likeness (QED) is 0.403. The number of alkyl halides is 3. The van der Waals surface area contributed by atoms with Gasteiger partial charge in [-0.2, -0.15) is 13.2 Å². The number of halogens is 3. The maximum atomic E-state index is 11.9. The minimum absolute atomic E-state index is 0.156. The molecule has 0 aromatic rings. The first-order chi connectivity index (χ1) is 8.49. The van der Waals surface area contributed by atoms with Crippen molar-refractivity contribution in [2.75, 3.05) is 20.1 Å². The van der Waals surface area contributed by atoms with Crippen LogP contribution in [0.5, 0.6) is 0 Å². The molecule has 0 atom stereocenters. The zero-order valence-electron chi connectivity index (χ0n) is 11.2. The first-order valence-corrected chi connectivity index (χ1v) is 6.51. The van der Waals surface area contributed by atoms with Crippen LogP contribution < -0.4 is 10.6 Å². The Kier molecular flexibility index (Phi) is 9.50. The van der Waals surface area contributed by atoms with Crippen molar-refractivity contribution in [3.63, 3.8) is 0 Å². The Bertz CT molecular complexity index is 227. The highest BCUT2D eigenvalue weighted by atomic mass is 19.4. The second-order valence-corrected chi connectivity index (χ2v) is 4.21. The normalized spacial score (nSPS) is 12.6. The van der Waals surface area contributed by atoms with Gasteiger partial charge in [0.05, 0.1) is 0 Å². The van der Waals surface area contributed by atoms with Gasteiger partial charge in [-0.15, -0.1) is 0 Å². The molecule has 0 spiro atoms. The van der Waals surface area contributed by atoms with Gasteiger partial charge in [-0.25, -0.2) is 0 Å². The van der Waals surface area contributed by atoms with Crippen molar-refractivity contribution in [2.45, 2.75) is 51.6 Å². The van der Waals surface area contributed by atoms with Gasteiger partial charge in [-0.05, 0) is 19.3 Å². The van der Waals surface area contributed by atoms with E-state index in [1.165, 1.54) is 0 Å². The predicted molar refractivity (Wildman–Crippen MR) is 68.8 cm³/mol. The van der Waals surface area contributed by atoms with Crippen molar-refractivity contribution in [1.29, 1.82) is 0 Å². The van der Waals surface area contributed by atoms with E-state index >= 15 is 0 Å². The van der Waals surface area contributed by atoms with Crippen LogP contribution in [0.1, 0.15) is 45.4 Å². The number of guanidine groups is 1. The first kappa shape index (κ1) is 17.1. The highest BCUT2D eigenvalue weighted by Crippen LogP contribution is 2.21. The molecule has 0 saturated carbocycles. The van der Waals surface area contributed by atoms with Gasteiger partial charge < -0.3 is 10.6 Å². The number of hydrogen-bond donors (Lipinski definition) is 2. The molecule has 0 unspecified atom stereocenters. The van der Waals surface area contributed by atoms with Crippen LogP contribution in [0.25, 0.3) is 0 Å². The molecule has 0 amide bonds. The standard InChI is InChI=1S/C12H24F3N3/c1-3-4-6-9-17-11(16-2)18-10-7-5-8-12(13,14)15/h3-10H2,1-2H3,(H2,16,17,18). The van der Waals surface area contributed by atoms with Gasteiger partial charge in [0.15, 0.2) is 5.96 Å². The lowest BCUT2D eigenvalue weighted by Crippen LogP contribution is -2.38. The van der Waals surface area contributed by atoms with Crippen LogP contribution in [-0.2, 0) is 0 Å². The van der Waals surface area contributed by atoms with Gasteiger partial charge in [-0.1, -0.05) is 19.8 Å². The lowest BCUT2D eigenvalue weighted by atomic mass is 10.2. The smallest absolute Gasteiger partial charge is 0.356 e. The molecule has 0 aromatic heterocycles. The summed E-state index contributed by atoms with van der Waals surface area (Å²) in [5.41, 5.74) is 0. The van der Waals surface area contributed by atoms with Gasteiger partial charge in [0, 0.05) is 26.6 Å². The molecule has 0 aliphatic rings. The van der Waals surface area contributed by atoms with Crippen LogP contribution in [-0.4, -0.2) is 32.3 Å². The number of nitrogens with one attached hydrogen (secondary N) is 2. The molecule has 2 N–H and O–H groups in total. The predicted octanol–water partition coefficient (Wildman–Crippen LogP) is 3.07. The summed E-state index contributed by atoms with van der Waals surface area (Å²) in [6, 6.07) is 0. The van der Waals surface area contributed by atoms with Gasteiger partial charge in [0.1, 0.15) is 0 Å². The average Bonchev–Trinajstić information content (AvgIpc) is 2.30. The van der Waals surface area contributed by atoms with E-state index in [1.807, 2.05) is 0 Å². The molecule has 0 fully saturated rings. The summed E-state index contributed by atoms with van der Waals surface area (Å²) in [5, 5.41) is 6.13. The fraction of sp³-hybridized carbons (Fsp3) is 0.917. The zero-order chi connectivity index (χ0) is 13.9. The second kappa shape index (κ2) is 10.0. The second-order valence-electron chi connectivity index (χ2n) is 4.21. The topological polar surface area (TPSA) is 36.4 Å². The lowest BCUT2D eigenvalue weighted by molar-refractivity contribution is -0.135. The Balaban J connectivity index is 3.51. The monoisotopic (exact) mass is 267 g/mol. The summed E-state index contributed by atoms with van der Waals surface area (Å²) < 4.78 is 35.7. The number of aliphatic imine (C=N–C) groups is 1. The Hall–Kier alpha value is -0.940. The van der Waals surface area contributed by atoms with Crippen molar-refractivity contribution in [2.24, 2.45) is 4.99 Å². The van der Waals surface area contributed by atoms with E-state index < -0.39 is 12.6 Å². The highest BCUT2D eigenvalue weighted by Gasteiger charge is 2.25. The molecule has 0 aliphatic carbocycles. The molecule has 0 bridgehead atoms. The van der Waals surface area contributed by atoms with E-state index in [9.17, 15) is 13.2 Å². The Morgan fingerprint density at radius 2 is 1.56 bits per heavy atom. The molecule has 18 heavy (non-hydrogen) atoms. The molecule has 0 radical (unpaired) electrons. The molecule has 0 aromatic carbocycles. The van der Waals surface area contributed by atoms with Crippen LogP contribution >= 0.6 is 0 Å². The van der Waals surface area contributed by atoms with Crippen molar-refractivity contribution in [1.82, 2.24) is 10.6 Å². The van der Waals surface area contributed by atoms with E-state index in [1.54, 1.807) is 7.05 Å². The van der Waals surface area contributed by atoms with Gasteiger partial charge in [0.25, 0.3) is 0 Å². The van der Waals surface area contributed by atoms with E-state index in [2.05, 4.69) is 22.5 Å². The van der Waals surface area contributed by atoms with E-state index in [0.717, 1.165) is 25.8 Å². The van der Waals surface area contributed by atoms with Crippen LogP contribution in [0.3, 0.4) is 0 Å². The fourth-order valence-electron chi connectivity index (χ4n) is 1.46. The summed E-state index contributed by atoms with van der Waals surface area (Å²) in [4.78, 5) is 4.00. The number of nitrogens with zero attached hydrogens (tertiary/aromatic N) is 1. The maximum absolute atomic E-state index is 11.9. The third-order valence-corrected chi connectivity index (χ3v) is 2.48. The highest BCUT2D eigenvalue weighted by molar-refractivity contribution is 5.79. The van der Waals surface area contributed by atoms with Crippen LogP contribution in [0, 0.1) is 0 Å². The molecular weight excluding hydrogens is 243 g/mol. The van der Waals surface area contributed by atoms with E-state index in [4.69, 9.17) is 0 Å². The van der Waals surface area contributed by atoms with E-state index in [-0.39, 0.29) is 6.42 Å². The minimum atomic E-state index is -4.04. The summed E-state index contributed by atoms with van der Waals surface area (Å²) in [6.07, 6.45) is -0.707. The molecular formula is C12H24F3N3. The summed E-state index contributed by atoms with van der Waals surface area (Å²) in [6.45, 7) is 3.49. The summed E-state index contributed by atoms with van der Waals surface area (Å²) >= 11 is 0. The number of rotatable bonds is 8. The zero-order valence-corrected chi connectivity index (χ0v) is 11.2. The Morgan fingerprint density at radius 3 is 2.00 bits per heavy atom. The molecule has 0 aliphatic heterocycles. The lowest BCUT2D eigenvalue weighted by Gasteiger charge is -2.12. The molecule has 0 saturated heterocycles. The maximum Gasteiger partial charge on any atom is 0.389 e. The van der Waals surface area contributed by atoms with Crippen LogP contribution in [0.2, 0.25) is 0 Å². The van der Waals surface area contributed by atoms with Crippen molar-refractivity contribution >= 4 is 5.96 Å². The van der Waals surface area contributed by atoms with E-state index in [0.29, 0.717) is 18.9 Å². The number of hydrogen-bond acceptors (Lipinski definition) is 1. The van der Waals surface area contributed by atoms with Crippen molar-refractivity contribution in [3.8, 4) is 0 Å². The largest absolute Gasteiger partial charge is 0.389 e. The molecule has 6 heteroatoms. The fourth-order valence-corrected chi connectivity index (χ4v) is 1.46. The summed E-state index contributed by atoms with van der Waals surface area (Å²) in [5.74, 6) is 0.665. The molecule has 3 nitrogen and oxygen atoms in total. The third-order valence-electron chi connectivity index (χ3n) is 2.48. The Labute approximate surface area is 107 Å². The van der Waals surface area contributed by atoms with Gasteiger partial charge in [-0.3, -0.25) is 4.99 Å². The Morgan fingerprint density at radius 1 is 1.00 bits per heavy atom. The van der Waals surface area contributed by atoms with Crippen LogP contribution in [0.15, 0.2) is 4.99 Å². The third kappa shape index (κ3) is 11.5. The first-order valence-electron chi connectivity index (χ1n) is 6.51. The molecule has 0 heterocycles. The minimum Gasteiger partial charge on any atom is -0.356 e. The van der Waals surface area contributed by atoms with Gasteiger partial charge in [0.2, 0.25) is 0 Å². The van der Waals surface area contributed by atoms with Crippen LogP contribution in [0.4, 0.5) is 13.2 Å². The SMILES string of the molecule is CCCCCNC(=NC)NCCCCC(F)(F)F. The summed E-state index contributed by atoms with van der Waals surface area (Å²) in [7, 11) is 1.66. The van der Waals surface area contributed by atoms with Gasteiger partial charge >= 0.3 is 6.18 Å². The number of unbranched alkanes of at least 4 members (excludes halogenated alkanes) is 3. The van der Waals surface area contributed by atoms with Crippen molar-refractivity contribution in [3.05, 3.63) is 0 Å². The van der Waals surface area contributed by atoms with Crippen molar-refractivity contribution < 1.29 is 13.2 Å². The molecule has 108 valence electrons. The average molecular weight is 267 g/mol.